The highest BCUT2D eigenvalue weighted by atomic mass is 16.3. The smallest absolute Gasteiger partial charge is 0.139 e. The van der Waals surface area contributed by atoms with Gasteiger partial charge in [0.1, 0.15) is 11.9 Å². The number of aliphatic hydroxyl groups is 1. The van der Waals surface area contributed by atoms with E-state index in [4.69, 9.17) is 5.73 Å². The summed E-state index contributed by atoms with van der Waals surface area (Å²) in [5, 5.41) is 9.63. The van der Waals surface area contributed by atoms with E-state index in [0.29, 0.717) is 11.7 Å². The molecule has 1 aromatic rings. The Morgan fingerprint density at radius 2 is 2.38 bits per heavy atom. The summed E-state index contributed by atoms with van der Waals surface area (Å²) in [5.41, 5.74) is 7.56. The topological polar surface area (TPSA) is 59.1 Å². The maximum atomic E-state index is 9.63. The number of pyridine rings is 1. The average Bonchev–Trinajstić information content (AvgIpc) is 3.11. The molecule has 0 aromatic carbocycles. The zero-order valence-corrected chi connectivity index (χ0v) is 9.40. The average molecular weight is 216 g/mol. The van der Waals surface area contributed by atoms with E-state index in [1.807, 2.05) is 6.07 Å². The number of aryl methyl sites for hydroxylation is 1. The third-order valence-electron chi connectivity index (χ3n) is 2.81. The molecule has 3 N–H and O–H groups in total. The maximum absolute atomic E-state index is 9.63. The van der Waals surface area contributed by atoms with Gasteiger partial charge in [0, 0.05) is 6.20 Å². The van der Waals surface area contributed by atoms with Crippen molar-refractivity contribution in [3.8, 4) is 11.8 Å². The summed E-state index contributed by atoms with van der Waals surface area (Å²) in [6.07, 6.45) is 4.33. The molecule has 0 radical (unpaired) electrons. The van der Waals surface area contributed by atoms with Crippen molar-refractivity contribution >= 4 is 5.82 Å². The fraction of sp³-hybridized carbons (Fsp3) is 0.462. The number of nitrogen functional groups attached to an aromatic ring is 1. The van der Waals surface area contributed by atoms with Gasteiger partial charge in [-0.2, -0.15) is 0 Å². The molecular weight excluding hydrogens is 200 g/mol. The van der Waals surface area contributed by atoms with Crippen molar-refractivity contribution in [1.29, 1.82) is 0 Å². The zero-order chi connectivity index (χ0) is 11.5. The van der Waals surface area contributed by atoms with E-state index in [2.05, 4.69) is 23.7 Å². The van der Waals surface area contributed by atoms with Gasteiger partial charge in [-0.1, -0.05) is 18.8 Å². The van der Waals surface area contributed by atoms with Crippen LogP contribution < -0.4 is 5.73 Å². The lowest BCUT2D eigenvalue weighted by Gasteiger charge is -2.01. The monoisotopic (exact) mass is 216 g/mol. The van der Waals surface area contributed by atoms with E-state index in [1.165, 1.54) is 0 Å². The molecule has 1 unspecified atom stereocenters. The molecule has 2 rings (SSSR count). The van der Waals surface area contributed by atoms with Gasteiger partial charge in [-0.15, -0.1) is 0 Å². The third kappa shape index (κ3) is 2.53. The molecular formula is C13H16N2O. The first-order valence-corrected chi connectivity index (χ1v) is 5.64. The van der Waals surface area contributed by atoms with Crippen LogP contribution >= 0.6 is 0 Å². The normalized spacial score (nSPS) is 16.4. The molecule has 0 saturated heterocycles. The van der Waals surface area contributed by atoms with Crippen LogP contribution in [0, 0.1) is 17.8 Å². The van der Waals surface area contributed by atoms with Gasteiger partial charge in [-0.25, -0.2) is 4.98 Å². The molecule has 1 fully saturated rings. The fourth-order valence-corrected chi connectivity index (χ4v) is 1.49. The lowest BCUT2D eigenvalue weighted by atomic mass is 10.1. The van der Waals surface area contributed by atoms with Crippen molar-refractivity contribution in [2.45, 2.75) is 32.3 Å². The number of nitrogens with two attached hydrogens (primary N) is 1. The van der Waals surface area contributed by atoms with Gasteiger partial charge in [0.2, 0.25) is 0 Å². The number of aliphatic hydroxyl groups excluding tert-OH is 1. The maximum Gasteiger partial charge on any atom is 0.139 e. The summed E-state index contributed by atoms with van der Waals surface area (Å²) in [6, 6.07) is 1.94. The number of hydrogen-bond donors (Lipinski definition) is 2. The number of hydrogen-bond acceptors (Lipinski definition) is 3. The van der Waals surface area contributed by atoms with Crippen LogP contribution in [0.3, 0.4) is 0 Å². The summed E-state index contributed by atoms with van der Waals surface area (Å²) in [4.78, 5) is 4.08. The quantitative estimate of drug-likeness (QED) is 0.734. The minimum atomic E-state index is -0.510. The Balaban J connectivity index is 2.18. The van der Waals surface area contributed by atoms with Crippen LogP contribution in [-0.4, -0.2) is 16.2 Å². The van der Waals surface area contributed by atoms with Gasteiger partial charge >= 0.3 is 0 Å². The molecule has 0 aliphatic heterocycles. The minimum absolute atomic E-state index is 0.371. The second-order valence-electron chi connectivity index (χ2n) is 4.18. The number of anilines is 1. The molecule has 0 spiro atoms. The summed E-state index contributed by atoms with van der Waals surface area (Å²) < 4.78 is 0. The Labute approximate surface area is 95.7 Å². The zero-order valence-electron chi connectivity index (χ0n) is 9.40. The first kappa shape index (κ1) is 11.0. The Morgan fingerprint density at radius 3 is 3.00 bits per heavy atom. The molecule has 1 aromatic heterocycles. The largest absolute Gasteiger partial charge is 0.383 e. The molecule has 84 valence electrons. The first-order chi connectivity index (χ1) is 7.70. The van der Waals surface area contributed by atoms with E-state index < -0.39 is 6.10 Å². The predicted octanol–water partition coefficient (Wildman–Crippen LogP) is 1.35. The van der Waals surface area contributed by atoms with Crippen LogP contribution in [0.5, 0.6) is 0 Å². The van der Waals surface area contributed by atoms with Crippen LogP contribution in [0.4, 0.5) is 5.82 Å². The Bertz CT molecular complexity index is 441. The lowest BCUT2D eigenvalue weighted by Crippen LogP contribution is -2.05. The summed E-state index contributed by atoms with van der Waals surface area (Å²) in [5.74, 6) is 6.57. The van der Waals surface area contributed by atoms with Gasteiger partial charge in [-0.05, 0) is 36.8 Å². The van der Waals surface area contributed by atoms with Gasteiger partial charge in [0.05, 0.1) is 5.56 Å². The lowest BCUT2D eigenvalue weighted by molar-refractivity contribution is 0.209. The minimum Gasteiger partial charge on any atom is -0.383 e. The molecule has 16 heavy (non-hydrogen) atoms. The van der Waals surface area contributed by atoms with Crippen molar-refractivity contribution in [3.05, 3.63) is 23.4 Å². The van der Waals surface area contributed by atoms with Crippen molar-refractivity contribution in [1.82, 2.24) is 4.98 Å². The van der Waals surface area contributed by atoms with Gasteiger partial charge in [-0.3, -0.25) is 0 Å². The molecule has 3 heteroatoms. The Morgan fingerprint density at radius 1 is 1.62 bits per heavy atom. The van der Waals surface area contributed by atoms with E-state index >= 15 is 0 Å². The molecule has 0 bridgehead atoms. The van der Waals surface area contributed by atoms with E-state index in [0.717, 1.165) is 30.4 Å². The van der Waals surface area contributed by atoms with Crippen molar-refractivity contribution < 1.29 is 5.11 Å². The van der Waals surface area contributed by atoms with Crippen LogP contribution in [0.1, 0.15) is 30.9 Å². The van der Waals surface area contributed by atoms with Crippen LogP contribution in [-0.2, 0) is 6.42 Å². The van der Waals surface area contributed by atoms with E-state index in [9.17, 15) is 5.11 Å². The Kier molecular flexibility index (Phi) is 3.12. The highest BCUT2D eigenvalue weighted by Crippen LogP contribution is 2.32. The molecule has 0 amide bonds. The van der Waals surface area contributed by atoms with Crippen LogP contribution in [0.25, 0.3) is 0 Å². The van der Waals surface area contributed by atoms with E-state index in [1.54, 1.807) is 6.20 Å². The number of nitrogens with zero attached hydrogens (tertiary/aromatic N) is 1. The second kappa shape index (κ2) is 4.54. The predicted molar refractivity (Wildman–Crippen MR) is 63.6 cm³/mol. The second-order valence-corrected chi connectivity index (χ2v) is 4.18. The van der Waals surface area contributed by atoms with Gasteiger partial charge in [0.25, 0.3) is 0 Å². The number of rotatable bonds is 2. The molecule has 1 atom stereocenters. The third-order valence-corrected chi connectivity index (χ3v) is 2.81. The standard InChI is InChI=1S/C13H16N2O/c1-2-9-7-11(13(14)15-8-9)5-6-12(16)10-3-4-10/h7-8,10,12,16H,2-4H2,1H3,(H2,14,15). The molecule has 1 heterocycles. The highest BCUT2D eigenvalue weighted by molar-refractivity contribution is 5.52. The van der Waals surface area contributed by atoms with Crippen LogP contribution in [0.15, 0.2) is 12.3 Å². The summed E-state index contributed by atoms with van der Waals surface area (Å²) in [6.45, 7) is 2.06. The summed E-state index contributed by atoms with van der Waals surface area (Å²) in [7, 11) is 0. The van der Waals surface area contributed by atoms with Crippen molar-refractivity contribution in [3.63, 3.8) is 0 Å². The number of aromatic nitrogens is 1. The molecule has 3 nitrogen and oxygen atoms in total. The molecule has 1 aliphatic rings. The van der Waals surface area contributed by atoms with Gasteiger partial charge in [0.15, 0.2) is 0 Å². The fourth-order valence-electron chi connectivity index (χ4n) is 1.49. The highest BCUT2D eigenvalue weighted by Gasteiger charge is 2.28. The molecule has 1 saturated carbocycles. The van der Waals surface area contributed by atoms with Gasteiger partial charge < -0.3 is 10.8 Å². The first-order valence-electron chi connectivity index (χ1n) is 5.64. The van der Waals surface area contributed by atoms with Crippen molar-refractivity contribution in [2.75, 3.05) is 5.73 Å². The van der Waals surface area contributed by atoms with Crippen molar-refractivity contribution in [2.24, 2.45) is 5.92 Å². The van der Waals surface area contributed by atoms with Crippen LogP contribution in [0.2, 0.25) is 0 Å². The molecule has 1 aliphatic carbocycles. The SMILES string of the molecule is CCc1cnc(N)c(C#CC(O)C2CC2)c1. The Hall–Kier alpha value is -1.53. The summed E-state index contributed by atoms with van der Waals surface area (Å²) >= 11 is 0. The van der Waals surface area contributed by atoms with E-state index in [-0.39, 0.29) is 0 Å².